The predicted octanol–water partition coefficient (Wildman–Crippen LogP) is 0.790. The molecule has 0 radical (unpaired) electrons. The fourth-order valence-corrected chi connectivity index (χ4v) is 2.08. The molecule has 1 aromatic rings. The van der Waals surface area contributed by atoms with E-state index in [1.807, 2.05) is 0 Å². The van der Waals surface area contributed by atoms with Gasteiger partial charge in [-0.25, -0.2) is 4.90 Å². The highest BCUT2D eigenvalue weighted by atomic mass is 35.5. The summed E-state index contributed by atoms with van der Waals surface area (Å²) in [6.07, 6.45) is -1.23. The number of benzene rings is 1. The Bertz CT molecular complexity index is 370. The summed E-state index contributed by atoms with van der Waals surface area (Å²) in [7, 11) is 0. The van der Waals surface area contributed by atoms with Gasteiger partial charge >= 0.3 is 0 Å². The Hall–Kier alpha value is -0.940. The monoisotopic (exact) mass is 241 g/mol. The first-order chi connectivity index (χ1) is 7.65. The van der Waals surface area contributed by atoms with E-state index in [1.165, 1.54) is 4.90 Å². The lowest BCUT2D eigenvalue weighted by Crippen LogP contribution is -2.32. The topological polar surface area (TPSA) is 60.8 Å². The molecule has 16 heavy (non-hydrogen) atoms. The largest absolute Gasteiger partial charge is 0.374 e. The van der Waals surface area contributed by atoms with Gasteiger partial charge in [0, 0.05) is 17.7 Å². The molecule has 4 nitrogen and oxygen atoms in total. The van der Waals surface area contributed by atoms with Crippen molar-refractivity contribution in [2.24, 2.45) is 0 Å². The lowest BCUT2D eigenvalue weighted by Gasteiger charge is -2.24. The van der Waals surface area contributed by atoms with Crippen LogP contribution in [0.3, 0.4) is 0 Å². The highest BCUT2D eigenvalue weighted by Gasteiger charge is 2.36. The summed E-state index contributed by atoms with van der Waals surface area (Å²) < 4.78 is 0. The molecule has 0 saturated carbocycles. The van der Waals surface area contributed by atoms with Crippen molar-refractivity contribution in [2.75, 3.05) is 6.54 Å². The summed E-state index contributed by atoms with van der Waals surface area (Å²) in [5.41, 5.74) is 1.31. The van der Waals surface area contributed by atoms with Crippen LogP contribution in [0.2, 0.25) is 0 Å². The van der Waals surface area contributed by atoms with E-state index in [2.05, 4.69) is 0 Å². The lowest BCUT2D eigenvalue weighted by atomic mass is 10.1. The molecule has 86 valence electrons. The average molecular weight is 242 g/mol. The van der Waals surface area contributed by atoms with Crippen molar-refractivity contribution in [1.29, 1.82) is 0 Å². The normalized spacial score (nSPS) is 26.4. The smallest absolute Gasteiger partial charge is 0.139 e. The molecule has 1 aromatic carbocycles. The van der Waals surface area contributed by atoms with E-state index in [4.69, 9.17) is 11.6 Å². The van der Waals surface area contributed by atoms with E-state index in [0.717, 1.165) is 0 Å². The number of hydrogen-bond donors (Lipinski definition) is 2. The number of hydrogen-bond acceptors (Lipinski definition) is 4. The second-order valence-corrected chi connectivity index (χ2v) is 4.29. The minimum absolute atomic E-state index is 0.113. The number of fused-ring (bicyclic) bond motifs is 1. The van der Waals surface area contributed by atoms with Gasteiger partial charge in [0.25, 0.3) is 0 Å². The van der Waals surface area contributed by atoms with E-state index in [0.29, 0.717) is 17.4 Å². The Morgan fingerprint density at radius 1 is 1.31 bits per heavy atom. The van der Waals surface area contributed by atoms with Gasteiger partial charge in [0.05, 0.1) is 0 Å². The van der Waals surface area contributed by atoms with E-state index >= 15 is 0 Å². The van der Waals surface area contributed by atoms with Crippen LogP contribution in [-0.2, 0) is 4.79 Å². The summed E-state index contributed by atoms with van der Waals surface area (Å²) in [6, 6.07) is 7.06. The molecule has 0 aromatic heterocycles. The lowest BCUT2D eigenvalue weighted by molar-refractivity contribution is -0.111. The number of carbonyl (C=O) groups is 1. The van der Waals surface area contributed by atoms with E-state index < -0.39 is 17.8 Å². The van der Waals surface area contributed by atoms with Crippen molar-refractivity contribution in [3.63, 3.8) is 0 Å². The number of alkyl halides is 1. The van der Waals surface area contributed by atoms with Crippen LogP contribution in [0.1, 0.15) is 23.6 Å². The number of aliphatic hydroxyl groups excluding tert-OH is 2. The molecule has 0 aliphatic carbocycles. The summed E-state index contributed by atoms with van der Waals surface area (Å²) in [5.74, 6) is 0. The Kier molecular flexibility index (Phi) is 3.25. The molecule has 1 heterocycles. The molecule has 0 spiro atoms. The fraction of sp³-hybridized carbons (Fsp3) is 0.364. The number of carbonyl (C=O) groups excluding carboxylic acids is 1. The molecule has 0 saturated heterocycles. The first-order valence-electron chi connectivity index (χ1n) is 4.95. The molecule has 2 rings (SSSR count). The second kappa shape index (κ2) is 4.51. The maximum Gasteiger partial charge on any atom is 0.139 e. The van der Waals surface area contributed by atoms with E-state index in [-0.39, 0.29) is 6.54 Å². The highest BCUT2D eigenvalue weighted by molar-refractivity contribution is 6.27. The van der Waals surface area contributed by atoms with Crippen LogP contribution in [0.5, 0.6) is 0 Å². The summed E-state index contributed by atoms with van der Waals surface area (Å²) >= 11 is 5.69. The Morgan fingerprint density at radius 2 is 1.81 bits per heavy atom. The van der Waals surface area contributed by atoms with Crippen LogP contribution in [0.25, 0.3) is 0 Å². The fourth-order valence-electron chi connectivity index (χ4n) is 1.92. The van der Waals surface area contributed by atoms with Crippen LogP contribution in [0.15, 0.2) is 24.3 Å². The Balaban J connectivity index is 2.24. The highest BCUT2D eigenvalue weighted by Crippen LogP contribution is 2.38. The van der Waals surface area contributed by atoms with Gasteiger partial charge in [0.1, 0.15) is 24.1 Å². The molecule has 1 aliphatic heterocycles. The molecule has 3 unspecified atom stereocenters. The SMILES string of the molecule is O=CC(Cl)CN1C(O)c2ccccc2C1O. The van der Waals surface area contributed by atoms with Crippen molar-refractivity contribution in [2.45, 2.75) is 17.8 Å². The van der Waals surface area contributed by atoms with Crippen molar-refractivity contribution < 1.29 is 15.0 Å². The standard InChI is InChI=1S/C11H12ClNO3/c12-7(6-14)5-13-10(15)8-3-1-2-4-9(8)11(13)16/h1-4,6-7,10-11,15-16H,5H2. The number of aliphatic hydroxyl groups is 2. The van der Waals surface area contributed by atoms with Gasteiger partial charge in [0.2, 0.25) is 0 Å². The third kappa shape index (κ3) is 1.85. The van der Waals surface area contributed by atoms with Gasteiger partial charge < -0.3 is 15.0 Å². The number of aldehydes is 1. The van der Waals surface area contributed by atoms with Crippen LogP contribution in [0.4, 0.5) is 0 Å². The molecule has 1 aliphatic rings. The minimum atomic E-state index is -0.910. The van der Waals surface area contributed by atoms with Crippen LogP contribution >= 0.6 is 11.6 Å². The van der Waals surface area contributed by atoms with E-state index in [9.17, 15) is 15.0 Å². The maximum atomic E-state index is 10.5. The summed E-state index contributed by atoms with van der Waals surface area (Å²) in [4.78, 5) is 11.8. The van der Waals surface area contributed by atoms with Crippen molar-refractivity contribution >= 4 is 17.9 Å². The molecule has 0 bridgehead atoms. The third-order valence-electron chi connectivity index (χ3n) is 2.71. The first-order valence-corrected chi connectivity index (χ1v) is 5.39. The molecular weight excluding hydrogens is 230 g/mol. The Morgan fingerprint density at radius 3 is 2.25 bits per heavy atom. The Labute approximate surface area is 98.1 Å². The number of halogens is 1. The third-order valence-corrected chi connectivity index (χ3v) is 2.95. The van der Waals surface area contributed by atoms with Crippen molar-refractivity contribution in [3.05, 3.63) is 35.4 Å². The van der Waals surface area contributed by atoms with Gasteiger partial charge in [0.15, 0.2) is 0 Å². The number of nitrogens with zero attached hydrogens (tertiary/aromatic N) is 1. The maximum absolute atomic E-state index is 10.5. The van der Waals surface area contributed by atoms with Crippen LogP contribution in [0, 0.1) is 0 Å². The predicted molar refractivity (Wildman–Crippen MR) is 58.8 cm³/mol. The second-order valence-electron chi connectivity index (χ2n) is 3.73. The van der Waals surface area contributed by atoms with Crippen molar-refractivity contribution in [1.82, 2.24) is 4.90 Å². The zero-order chi connectivity index (χ0) is 11.7. The van der Waals surface area contributed by atoms with Gasteiger partial charge in [-0.2, -0.15) is 0 Å². The van der Waals surface area contributed by atoms with E-state index in [1.54, 1.807) is 24.3 Å². The quantitative estimate of drug-likeness (QED) is 0.607. The van der Waals surface area contributed by atoms with Gasteiger partial charge in [-0.3, -0.25) is 0 Å². The molecule has 3 atom stereocenters. The van der Waals surface area contributed by atoms with Gasteiger partial charge in [-0.1, -0.05) is 24.3 Å². The van der Waals surface area contributed by atoms with Crippen LogP contribution < -0.4 is 0 Å². The van der Waals surface area contributed by atoms with Crippen molar-refractivity contribution in [3.8, 4) is 0 Å². The molecular formula is C11H12ClNO3. The average Bonchev–Trinajstić information content (AvgIpc) is 2.55. The minimum Gasteiger partial charge on any atom is -0.374 e. The molecule has 5 heteroatoms. The zero-order valence-electron chi connectivity index (χ0n) is 8.45. The summed E-state index contributed by atoms with van der Waals surface area (Å²) in [5, 5.41) is 19.2. The number of rotatable bonds is 3. The molecule has 0 fully saturated rings. The molecule has 0 amide bonds. The molecule has 2 N–H and O–H groups in total. The first kappa shape index (κ1) is 11.5. The van der Waals surface area contributed by atoms with Crippen LogP contribution in [-0.4, -0.2) is 33.3 Å². The van der Waals surface area contributed by atoms with Gasteiger partial charge in [-0.05, 0) is 0 Å². The zero-order valence-corrected chi connectivity index (χ0v) is 9.21. The van der Waals surface area contributed by atoms with Gasteiger partial charge in [-0.15, -0.1) is 11.6 Å². The summed E-state index contributed by atoms with van der Waals surface area (Å²) in [6.45, 7) is 0.113.